The van der Waals surface area contributed by atoms with Crippen LogP contribution in [0.5, 0.6) is 0 Å². The van der Waals surface area contributed by atoms with Gasteiger partial charge in [-0.05, 0) is 89.9 Å². The van der Waals surface area contributed by atoms with Crippen LogP contribution >= 0.6 is 0 Å². The SMILES string of the molecule is CC/C=C\C/C=C\C/C=C\C/C=C\C/C=C\CCCCCCCC(=O)NC(CO)C(O)/C=C/CC/C=C/CC/C=C/CCCCCCCCCCCCCCCCCCCCC. The van der Waals surface area contributed by atoms with E-state index in [1.54, 1.807) is 6.08 Å². The zero-order valence-electron chi connectivity index (χ0n) is 40.9. The molecule has 1 amide bonds. The summed E-state index contributed by atoms with van der Waals surface area (Å²) < 4.78 is 0. The first-order valence-corrected chi connectivity index (χ1v) is 26.5. The maximum atomic E-state index is 12.4. The lowest BCUT2D eigenvalue weighted by Gasteiger charge is -2.19. The summed E-state index contributed by atoms with van der Waals surface area (Å²) in [5.41, 5.74) is 0. The van der Waals surface area contributed by atoms with E-state index < -0.39 is 12.1 Å². The Kier molecular flexibility index (Phi) is 50.4. The van der Waals surface area contributed by atoms with E-state index in [0.717, 1.165) is 83.5 Å². The topological polar surface area (TPSA) is 69.6 Å². The van der Waals surface area contributed by atoms with Gasteiger partial charge in [0.2, 0.25) is 5.91 Å². The largest absolute Gasteiger partial charge is 0.394 e. The van der Waals surface area contributed by atoms with Crippen molar-refractivity contribution in [1.29, 1.82) is 0 Å². The first kappa shape index (κ1) is 59.3. The Morgan fingerprint density at radius 1 is 0.403 bits per heavy atom. The molecule has 0 aliphatic rings. The van der Waals surface area contributed by atoms with Crippen LogP contribution in [-0.2, 0) is 4.79 Å². The van der Waals surface area contributed by atoms with Crippen molar-refractivity contribution in [2.75, 3.05) is 6.61 Å². The van der Waals surface area contributed by atoms with E-state index >= 15 is 0 Å². The average Bonchev–Trinajstić information content (AvgIpc) is 3.28. The summed E-state index contributed by atoms with van der Waals surface area (Å²) in [6.07, 6.45) is 78.4. The van der Waals surface area contributed by atoms with E-state index in [1.165, 1.54) is 141 Å². The summed E-state index contributed by atoms with van der Waals surface area (Å²) >= 11 is 0. The van der Waals surface area contributed by atoms with Crippen molar-refractivity contribution in [3.8, 4) is 0 Å². The van der Waals surface area contributed by atoms with Crippen molar-refractivity contribution >= 4 is 5.91 Å². The van der Waals surface area contributed by atoms with Crippen molar-refractivity contribution in [1.82, 2.24) is 5.32 Å². The second kappa shape index (κ2) is 52.7. The summed E-state index contributed by atoms with van der Waals surface area (Å²) in [4.78, 5) is 12.4. The van der Waals surface area contributed by atoms with E-state index in [0.29, 0.717) is 6.42 Å². The fourth-order valence-corrected chi connectivity index (χ4v) is 7.53. The predicted molar refractivity (Wildman–Crippen MR) is 276 cm³/mol. The molecule has 0 radical (unpaired) electrons. The molecule has 2 atom stereocenters. The molecule has 4 heteroatoms. The molecule has 0 aromatic rings. The Morgan fingerprint density at radius 2 is 0.726 bits per heavy atom. The number of hydrogen-bond donors (Lipinski definition) is 3. The Morgan fingerprint density at radius 3 is 1.13 bits per heavy atom. The zero-order chi connectivity index (χ0) is 44.9. The van der Waals surface area contributed by atoms with Gasteiger partial charge in [0.05, 0.1) is 18.8 Å². The fraction of sp³-hybridized carbons (Fsp3) is 0.707. The highest BCUT2D eigenvalue weighted by molar-refractivity contribution is 5.76. The molecule has 0 heterocycles. The summed E-state index contributed by atoms with van der Waals surface area (Å²) in [5, 5.41) is 23.1. The van der Waals surface area contributed by atoms with Gasteiger partial charge in [0.1, 0.15) is 0 Å². The van der Waals surface area contributed by atoms with Crippen molar-refractivity contribution in [3.63, 3.8) is 0 Å². The highest BCUT2D eigenvalue weighted by Gasteiger charge is 2.17. The number of aliphatic hydroxyl groups is 2. The van der Waals surface area contributed by atoms with Crippen molar-refractivity contribution in [3.05, 3.63) is 97.2 Å². The molecular weight excluding hydrogens is 759 g/mol. The average molecular weight is 860 g/mol. The number of aliphatic hydroxyl groups excluding tert-OH is 2. The third kappa shape index (κ3) is 48.3. The molecule has 2 unspecified atom stereocenters. The standard InChI is InChI=1S/C58H101NO3/c1-3-5-7-9-11-13-15-17-19-21-23-25-26-27-28-29-30-31-32-34-35-37-39-41-43-45-47-49-51-53-57(61)56(55-60)59-58(62)54-52-50-48-46-44-42-40-38-36-33-24-22-20-18-16-14-12-10-8-6-4-2/h6,8,12,14,18,20,24,33,35,37-38,40,43,45,51,53,56-57,60-61H,3-5,7,9-11,13,15-17,19,21-23,25-32,34,36,39,41-42,44,46-50,52,54-55H2,1-2H3,(H,59,62)/b8-6-,14-12-,20-18-,33-24-,37-35+,40-38-,45-43+,53-51+. The van der Waals surface area contributed by atoms with Gasteiger partial charge in [0, 0.05) is 6.42 Å². The summed E-state index contributed by atoms with van der Waals surface area (Å²) in [7, 11) is 0. The molecule has 0 bridgehead atoms. The minimum absolute atomic E-state index is 0.0992. The van der Waals surface area contributed by atoms with Crippen molar-refractivity contribution in [2.24, 2.45) is 0 Å². The van der Waals surface area contributed by atoms with Crippen LogP contribution in [0.2, 0.25) is 0 Å². The lowest BCUT2D eigenvalue weighted by Crippen LogP contribution is -2.45. The van der Waals surface area contributed by atoms with Gasteiger partial charge in [0.25, 0.3) is 0 Å². The van der Waals surface area contributed by atoms with E-state index in [9.17, 15) is 15.0 Å². The predicted octanol–water partition coefficient (Wildman–Crippen LogP) is 17.4. The van der Waals surface area contributed by atoms with Gasteiger partial charge >= 0.3 is 0 Å². The Hall–Kier alpha value is -2.69. The number of hydrogen-bond acceptors (Lipinski definition) is 3. The minimum atomic E-state index is -0.886. The summed E-state index contributed by atoms with van der Waals surface area (Å²) in [6.45, 7) is 4.18. The van der Waals surface area contributed by atoms with Crippen LogP contribution in [0.4, 0.5) is 0 Å². The van der Waals surface area contributed by atoms with Gasteiger partial charge in [-0.3, -0.25) is 4.79 Å². The third-order valence-corrected chi connectivity index (χ3v) is 11.5. The normalized spacial score (nSPS) is 13.7. The molecule has 0 aromatic carbocycles. The van der Waals surface area contributed by atoms with Crippen LogP contribution in [0.15, 0.2) is 97.2 Å². The van der Waals surface area contributed by atoms with Crippen molar-refractivity contribution < 1.29 is 15.0 Å². The monoisotopic (exact) mass is 860 g/mol. The number of carbonyl (C=O) groups excluding carboxylic acids is 1. The quantitative estimate of drug-likeness (QED) is 0.0422. The Labute approximate surface area is 385 Å². The maximum absolute atomic E-state index is 12.4. The molecule has 4 nitrogen and oxygen atoms in total. The van der Waals surface area contributed by atoms with Gasteiger partial charge in [-0.25, -0.2) is 0 Å². The Bertz CT molecular complexity index is 1160. The van der Waals surface area contributed by atoms with Crippen LogP contribution in [0, 0.1) is 0 Å². The smallest absolute Gasteiger partial charge is 0.220 e. The molecule has 0 saturated carbocycles. The van der Waals surface area contributed by atoms with E-state index in [1.807, 2.05) is 6.08 Å². The zero-order valence-corrected chi connectivity index (χ0v) is 40.9. The highest BCUT2D eigenvalue weighted by atomic mass is 16.3. The number of carbonyl (C=O) groups is 1. The first-order valence-electron chi connectivity index (χ1n) is 26.5. The third-order valence-electron chi connectivity index (χ3n) is 11.5. The van der Waals surface area contributed by atoms with Gasteiger partial charge in [-0.2, -0.15) is 0 Å². The number of unbranched alkanes of at least 4 members (excludes halogenated alkanes) is 26. The highest BCUT2D eigenvalue weighted by Crippen LogP contribution is 2.15. The molecule has 0 spiro atoms. The molecule has 0 rings (SSSR count). The molecular formula is C58H101NO3. The lowest BCUT2D eigenvalue weighted by molar-refractivity contribution is -0.123. The molecule has 0 fully saturated rings. The van der Waals surface area contributed by atoms with Gasteiger partial charge in [-0.1, -0.05) is 246 Å². The summed E-state index contributed by atoms with van der Waals surface area (Å²) in [5.74, 6) is -0.0992. The molecule has 62 heavy (non-hydrogen) atoms. The molecule has 0 aromatic heterocycles. The van der Waals surface area contributed by atoms with Gasteiger partial charge < -0.3 is 15.5 Å². The number of rotatable bonds is 47. The minimum Gasteiger partial charge on any atom is -0.394 e. The molecule has 356 valence electrons. The van der Waals surface area contributed by atoms with E-state index in [2.05, 4.69) is 104 Å². The number of amides is 1. The van der Waals surface area contributed by atoms with Crippen LogP contribution in [0.1, 0.15) is 245 Å². The van der Waals surface area contributed by atoms with Crippen molar-refractivity contribution in [2.45, 2.75) is 257 Å². The fourth-order valence-electron chi connectivity index (χ4n) is 7.53. The molecule has 0 aliphatic carbocycles. The number of allylic oxidation sites excluding steroid dienone is 15. The molecule has 3 N–H and O–H groups in total. The summed E-state index contributed by atoms with van der Waals surface area (Å²) in [6, 6.07) is -0.664. The second-order valence-electron chi connectivity index (χ2n) is 17.5. The van der Waals surface area contributed by atoms with E-state index in [4.69, 9.17) is 0 Å². The second-order valence-corrected chi connectivity index (χ2v) is 17.5. The van der Waals surface area contributed by atoms with Crippen LogP contribution in [-0.4, -0.2) is 34.9 Å². The van der Waals surface area contributed by atoms with Crippen LogP contribution in [0.25, 0.3) is 0 Å². The maximum Gasteiger partial charge on any atom is 0.220 e. The number of nitrogens with one attached hydrogen (secondary N) is 1. The molecule has 0 aliphatic heterocycles. The van der Waals surface area contributed by atoms with Gasteiger partial charge in [0.15, 0.2) is 0 Å². The van der Waals surface area contributed by atoms with Gasteiger partial charge in [-0.15, -0.1) is 0 Å². The van der Waals surface area contributed by atoms with Crippen LogP contribution in [0.3, 0.4) is 0 Å². The lowest BCUT2D eigenvalue weighted by atomic mass is 10.0. The molecule has 0 saturated heterocycles. The van der Waals surface area contributed by atoms with Crippen LogP contribution < -0.4 is 5.32 Å². The first-order chi connectivity index (χ1) is 30.7. The van der Waals surface area contributed by atoms with E-state index in [-0.39, 0.29) is 12.5 Å². The Balaban J connectivity index is 3.64.